The van der Waals surface area contributed by atoms with Crippen molar-refractivity contribution in [1.29, 1.82) is 0 Å². The zero-order chi connectivity index (χ0) is 21.8. The predicted octanol–water partition coefficient (Wildman–Crippen LogP) is 1.98. The number of rotatable bonds is 8. The molecule has 0 spiro atoms. The third-order valence-electron chi connectivity index (χ3n) is 4.87. The highest BCUT2D eigenvalue weighted by atomic mass is 16.2. The van der Waals surface area contributed by atoms with Crippen molar-refractivity contribution >= 4 is 17.1 Å². The summed E-state index contributed by atoms with van der Waals surface area (Å²) >= 11 is 0. The Labute approximate surface area is 175 Å². The summed E-state index contributed by atoms with van der Waals surface area (Å²) in [6, 6.07) is 9.43. The first-order valence-corrected chi connectivity index (χ1v) is 10.3. The Hall–Kier alpha value is -3.16. The van der Waals surface area contributed by atoms with Gasteiger partial charge in [-0.25, -0.2) is 14.3 Å². The van der Waals surface area contributed by atoms with E-state index in [0.717, 1.165) is 16.6 Å². The zero-order valence-corrected chi connectivity index (χ0v) is 18.0. The highest BCUT2D eigenvalue weighted by Crippen LogP contribution is 2.12. The topological polar surface area (TPSA) is 90.9 Å². The molecule has 0 radical (unpaired) electrons. The summed E-state index contributed by atoms with van der Waals surface area (Å²) in [6.45, 7) is 8.44. The van der Waals surface area contributed by atoms with Gasteiger partial charge in [0, 0.05) is 12.6 Å². The Bertz CT molecular complexity index is 1140. The van der Waals surface area contributed by atoms with Crippen LogP contribution in [-0.2, 0) is 24.4 Å². The molecule has 0 aliphatic carbocycles. The molecule has 1 amide bonds. The van der Waals surface area contributed by atoms with Crippen molar-refractivity contribution in [3.8, 4) is 0 Å². The van der Waals surface area contributed by atoms with Crippen LogP contribution < -0.4 is 16.6 Å². The second-order valence-corrected chi connectivity index (χ2v) is 8.26. The second-order valence-electron chi connectivity index (χ2n) is 8.26. The summed E-state index contributed by atoms with van der Waals surface area (Å²) in [4.78, 5) is 43.1. The Kier molecular flexibility index (Phi) is 6.54. The van der Waals surface area contributed by atoms with Gasteiger partial charge in [-0.2, -0.15) is 0 Å². The van der Waals surface area contributed by atoms with Crippen molar-refractivity contribution in [2.24, 2.45) is 5.92 Å². The number of aromatic nitrogens is 4. The molecular weight excluding hydrogens is 382 g/mol. The number of benzene rings is 1. The number of amides is 1. The van der Waals surface area contributed by atoms with Gasteiger partial charge in [-0.1, -0.05) is 44.2 Å². The summed E-state index contributed by atoms with van der Waals surface area (Å²) in [5.74, 6) is 0.0831. The first-order valence-electron chi connectivity index (χ1n) is 10.3. The molecule has 0 aliphatic rings. The quantitative estimate of drug-likeness (QED) is 0.614. The van der Waals surface area contributed by atoms with Crippen LogP contribution in [0.5, 0.6) is 0 Å². The molecule has 160 valence electrons. The van der Waals surface area contributed by atoms with E-state index in [2.05, 4.69) is 24.1 Å². The predicted molar refractivity (Wildman–Crippen MR) is 117 cm³/mol. The van der Waals surface area contributed by atoms with Gasteiger partial charge in [0.2, 0.25) is 5.91 Å². The van der Waals surface area contributed by atoms with Crippen molar-refractivity contribution in [2.45, 2.75) is 59.8 Å². The van der Waals surface area contributed by atoms with E-state index in [9.17, 15) is 14.4 Å². The average molecular weight is 412 g/mol. The van der Waals surface area contributed by atoms with Crippen LogP contribution in [0.4, 0.5) is 0 Å². The molecule has 0 bridgehead atoms. The molecule has 3 rings (SSSR count). The maximum absolute atomic E-state index is 13.2. The molecule has 8 nitrogen and oxygen atoms in total. The fourth-order valence-corrected chi connectivity index (χ4v) is 3.36. The number of hydrogen-bond acceptors (Lipinski definition) is 4. The number of nitrogens with zero attached hydrogens (tertiary/aromatic N) is 4. The highest BCUT2D eigenvalue weighted by molar-refractivity contribution is 5.76. The fraction of sp³-hybridized carbons (Fsp3) is 0.455. The van der Waals surface area contributed by atoms with Gasteiger partial charge in [0.25, 0.3) is 5.56 Å². The third-order valence-corrected chi connectivity index (χ3v) is 4.87. The van der Waals surface area contributed by atoms with E-state index >= 15 is 0 Å². The van der Waals surface area contributed by atoms with E-state index in [1.807, 2.05) is 44.2 Å². The number of carbonyl (C=O) groups excluding carboxylic acids is 1. The molecular formula is C22H29N5O3. The Morgan fingerprint density at radius 3 is 2.40 bits per heavy atom. The average Bonchev–Trinajstić information content (AvgIpc) is 3.11. The van der Waals surface area contributed by atoms with E-state index in [1.54, 1.807) is 10.9 Å². The van der Waals surface area contributed by atoms with Crippen LogP contribution in [0.1, 0.15) is 39.7 Å². The largest absolute Gasteiger partial charge is 0.352 e. The van der Waals surface area contributed by atoms with Gasteiger partial charge in [-0.05, 0) is 31.7 Å². The highest BCUT2D eigenvalue weighted by Gasteiger charge is 2.20. The zero-order valence-electron chi connectivity index (χ0n) is 18.0. The van der Waals surface area contributed by atoms with Crippen molar-refractivity contribution in [3.63, 3.8) is 0 Å². The lowest BCUT2D eigenvalue weighted by Crippen LogP contribution is -2.45. The van der Waals surface area contributed by atoms with Gasteiger partial charge >= 0.3 is 5.69 Å². The molecule has 0 saturated heterocycles. The summed E-state index contributed by atoms with van der Waals surface area (Å²) in [5.41, 5.74) is 0.583. The molecule has 0 unspecified atom stereocenters. The minimum atomic E-state index is -0.538. The molecule has 1 aromatic carbocycles. The summed E-state index contributed by atoms with van der Waals surface area (Å²) < 4.78 is 4.27. The summed E-state index contributed by atoms with van der Waals surface area (Å²) in [7, 11) is 0. The van der Waals surface area contributed by atoms with Crippen molar-refractivity contribution in [2.75, 3.05) is 0 Å². The minimum absolute atomic E-state index is 0.0833. The van der Waals surface area contributed by atoms with Crippen LogP contribution in [0.2, 0.25) is 0 Å². The number of fused-ring (bicyclic) bond motifs is 1. The number of aryl methyl sites for hydroxylation is 1. The number of hydrogen-bond donors (Lipinski definition) is 1. The van der Waals surface area contributed by atoms with E-state index in [1.165, 1.54) is 4.57 Å². The van der Waals surface area contributed by atoms with E-state index in [0.29, 0.717) is 23.6 Å². The lowest BCUT2D eigenvalue weighted by atomic mass is 10.1. The monoisotopic (exact) mass is 411 g/mol. The summed E-state index contributed by atoms with van der Waals surface area (Å²) in [6.07, 6.45) is 2.48. The Morgan fingerprint density at radius 1 is 1.07 bits per heavy atom. The molecule has 0 fully saturated rings. The SMILES string of the molecule is CC(C)CCn1cnc2c1c(=O)n(CC(=O)NC(C)C)c(=O)n2Cc1ccccc1. The molecule has 0 atom stereocenters. The van der Waals surface area contributed by atoms with Crippen LogP contribution in [-0.4, -0.2) is 30.6 Å². The van der Waals surface area contributed by atoms with Gasteiger partial charge in [-0.15, -0.1) is 0 Å². The van der Waals surface area contributed by atoms with Gasteiger partial charge in [0.15, 0.2) is 11.2 Å². The Morgan fingerprint density at radius 2 is 1.77 bits per heavy atom. The number of nitrogens with one attached hydrogen (secondary N) is 1. The Balaban J connectivity index is 2.16. The van der Waals surface area contributed by atoms with Crippen molar-refractivity contribution in [1.82, 2.24) is 24.0 Å². The van der Waals surface area contributed by atoms with Gasteiger partial charge in [0.1, 0.15) is 6.54 Å². The van der Waals surface area contributed by atoms with Crippen LogP contribution in [0, 0.1) is 5.92 Å². The van der Waals surface area contributed by atoms with Gasteiger partial charge < -0.3 is 9.88 Å². The maximum Gasteiger partial charge on any atom is 0.333 e. The lowest BCUT2D eigenvalue weighted by Gasteiger charge is -2.14. The minimum Gasteiger partial charge on any atom is -0.352 e. The van der Waals surface area contributed by atoms with Crippen LogP contribution in [0.25, 0.3) is 11.2 Å². The van der Waals surface area contributed by atoms with Gasteiger partial charge in [0.05, 0.1) is 12.9 Å². The summed E-state index contributed by atoms with van der Waals surface area (Å²) in [5, 5.41) is 2.74. The standard InChI is InChI=1S/C22H29N5O3/c1-15(2)10-11-25-14-23-20-19(25)21(29)27(13-18(28)24-16(3)4)22(30)26(20)12-17-8-6-5-7-9-17/h5-9,14-16H,10-13H2,1-4H3,(H,24,28). The van der Waals surface area contributed by atoms with E-state index < -0.39 is 11.2 Å². The molecule has 0 saturated carbocycles. The van der Waals surface area contributed by atoms with Crippen LogP contribution in [0.3, 0.4) is 0 Å². The smallest absolute Gasteiger partial charge is 0.333 e. The first-order chi connectivity index (χ1) is 14.3. The van der Waals surface area contributed by atoms with E-state index in [4.69, 9.17) is 0 Å². The molecule has 30 heavy (non-hydrogen) atoms. The number of imidazole rings is 1. The molecule has 2 aromatic heterocycles. The fourth-order valence-electron chi connectivity index (χ4n) is 3.36. The lowest BCUT2D eigenvalue weighted by molar-refractivity contribution is -0.122. The molecule has 1 N–H and O–H groups in total. The molecule has 0 aliphatic heterocycles. The van der Waals surface area contributed by atoms with E-state index in [-0.39, 0.29) is 25.0 Å². The third kappa shape index (κ3) is 4.69. The van der Waals surface area contributed by atoms with Crippen LogP contribution >= 0.6 is 0 Å². The first kappa shape index (κ1) is 21.5. The maximum atomic E-state index is 13.2. The van der Waals surface area contributed by atoms with Crippen LogP contribution in [0.15, 0.2) is 46.2 Å². The number of carbonyl (C=O) groups is 1. The van der Waals surface area contributed by atoms with Crippen molar-refractivity contribution in [3.05, 3.63) is 63.1 Å². The molecule has 8 heteroatoms. The second kappa shape index (κ2) is 9.11. The molecule has 3 aromatic rings. The molecule has 2 heterocycles. The normalized spacial score (nSPS) is 11.5. The van der Waals surface area contributed by atoms with Gasteiger partial charge in [-0.3, -0.25) is 14.2 Å². The van der Waals surface area contributed by atoms with Crippen molar-refractivity contribution < 1.29 is 4.79 Å².